The van der Waals surface area contributed by atoms with Crippen molar-refractivity contribution in [3.05, 3.63) is 42.2 Å². The van der Waals surface area contributed by atoms with E-state index in [1.54, 1.807) is 12.5 Å². The molecule has 1 saturated heterocycles. The van der Waals surface area contributed by atoms with Crippen LogP contribution < -0.4 is 5.32 Å². The molecule has 0 radical (unpaired) electrons. The van der Waals surface area contributed by atoms with Crippen LogP contribution >= 0.6 is 0 Å². The van der Waals surface area contributed by atoms with Crippen molar-refractivity contribution in [1.29, 1.82) is 0 Å². The monoisotopic (exact) mass is 430 g/mol. The fraction of sp³-hybridized carbons (Fsp3) is 0.636. The van der Waals surface area contributed by atoms with Crippen molar-refractivity contribution in [3.8, 4) is 0 Å². The number of carbonyl (C=O) groups excluding carboxylic acids is 1. The normalized spacial score (nSPS) is 18.5. The molecule has 2 atom stereocenters. The third kappa shape index (κ3) is 7.29. The lowest BCUT2D eigenvalue weighted by Crippen LogP contribution is -2.44. The molecule has 31 heavy (non-hydrogen) atoms. The summed E-state index contributed by atoms with van der Waals surface area (Å²) in [6.45, 7) is 12.0. The van der Waals surface area contributed by atoms with Gasteiger partial charge in [0.15, 0.2) is 5.82 Å². The molecule has 1 fully saturated rings. The number of nitrogens with zero attached hydrogens (tertiary/aromatic N) is 5. The van der Waals surface area contributed by atoms with Gasteiger partial charge in [-0.25, -0.2) is 4.79 Å². The van der Waals surface area contributed by atoms with E-state index in [-0.39, 0.29) is 18.1 Å². The minimum Gasteiger partial charge on any atom is -0.444 e. The molecule has 2 aromatic rings. The average Bonchev–Trinajstić information content (AvgIpc) is 3.21. The van der Waals surface area contributed by atoms with Crippen LogP contribution in [0.3, 0.4) is 0 Å². The minimum atomic E-state index is -0.518. The Labute approximate surface area is 184 Å². The summed E-state index contributed by atoms with van der Waals surface area (Å²) < 4.78 is 13.4. The highest BCUT2D eigenvalue weighted by Gasteiger charge is 2.28. The maximum absolute atomic E-state index is 12.2. The Bertz CT molecular complexity index is 820. The maximum Gasteiger partial charge on any atom is 0.407 e. The molecule has 1 amide bonds. The van der Waals surface area contributed by atoms with Crippen LogP contribution in [0.4, 0.5) is 4.79 Å². The first kappa shape index (κ1) is 23.1. The topological polar surface area (TPSA) is 94.4 Å². The highest BCUT2D eigenvalue weighted by molar-refractivity contribution is 5.67. The van der Waals surface area contributed by atoms with Crippen LogP contribution in [-0.2, 0) is 22.4 Å². The number of ether oxygens (including phenoxy) is 2. The third-order valence-electron chi connectivity index (χ3n) is 5.12. The first-order chi connectivity index (χ1) is 14.8. The van der Waals surface area contributed by atoms with Gasteiger partial charge in [-0.2, -0.15) is 0 Å². The number of carbonyl (C=O) groups is 1. The number of morpholine rings is 1. The predicted octanol–water partition coefficient (Wildman–Crippen LogP) is 2.45. The van der Waals surface area contributed by atoms with Gasteiger partial charge in [-0.15, -0.1) is 10.2 Å². The maximum atomic E-state index is 12.2. The Balaban J connectivity index is 1.63. The minimum absolute atomic E-state index is 0.103. The van der Waals surface area contributed by atoms with E-state index >= 15 is 0 Å². The van der Waals surface area contributed by atoms with Crippen molar-refractivity contribution in [2.45, 2.75) is 52.4 Å². The molecular formula is C22H34N6O3. The van der Waals surface area contributed by atoms with E-state index < -0.39 is 5.60 Å². The second kappa shape index (κ2) is 10.7. The SMILES string of the molecule is CCn1cnnc1[C@H]1CN(C[C@@H](CNC(=O)OC(C)(C)C)Cc2cccnc2)CCO1. The van der Waals surface area contributed by atoms with Crippen LogP contribution in [0.25, 0.3) is 0 Å². The van der Waals surface area contributed by atoms with E-state index in [9.17, 15) is 4.79 Å². The van der Waals surface area contributed by atoms with Gasteiger partial charge in [0, 0.05) is 45.1 Å². The number of nitrogens with one attached hydrogen (secondary N) is 1. The van der Waals surface area contributed by atoms with Gasteiger partial charge in [0.25, 0.3) is 0 Å². The summed E-state index contributed by atoms with van der Waals surface area (Å²) in [6, 6.07) is 4.01. The van der Waals surface area contributed by atoms with Gasteiger partial charge in [0.1, 0.15) is 18.0 Å². The summed E-state index contributed by atoms with van der Waals surface area (Å²) >= 11 is 0. The Morgan fingerprint density at radius 3 is 2.97 bits per heavy atom. The second-order valence-electron chi connectivity index (χ2n) is 8.91. The number of hydrogen-bond donors (Lipinski definition) is 1. The lowest BCUT2D eigenvalue weighted by Gasteiger charge is -2.35. The highest BCUT2D eigenvalue weighted by atomic mass is 16.6. The van der Waals surface area contributed by atoms with Crippen LogP contribution in [0.15, 0.2) is 30.9 Å². The van der Waals surface area contributed by atoms with Crippen LogP contribution in [0, 0.1) is 5.92 Å². The van der Waals surface area contributed by atoms with Gasteiger partial charge in [0.2, 0.25) is 0 Å². The molecule has 3 rings (SSSR count). The fourth-order valence-corrected chi connectivity index (χ4v) is 3.74. The molecule has 0 aromatic carbocycles. The van der Waals surface area contributed by atoms with E-state index in [0.29, 0.717) is 13.2 Å². The Morgan fingerprint density at radius 2 is 2.26 bits per heavy atom. The van der Waals surface area contributed by atoms with E-state index in [0.717, 1.165) is 44.0 Å². The number of aromatic nitrogens is 4. The molecule has 1 N–H and O–H groups in total. The van der Waals surface area contributed by atoms with Gasteiger partial charge in [-0.05, 0) is 51.7 Å². The molecule has 2 aromatic heterocycles. The summed E-state index contributed by atoms with van der Waals surface area (Å²) in [5.74, 6) is 1.07. The first-order valence-corrected chi connectivity index (χ1v) is 10.9. The molecule has 0 aliphatic carbocycles. The molecule has 1 aliphatic heterocycles. The number of amides is 1. The largest absolute Gasteiger partial charge is 0.444 e. The Kier molecular flexibility index (Phi) is 7.97. The zero-order valence-electron chi connectivity index (χ0n) is 19.0. The lowest BCUT2D eigenvalue weighted by molar-refractivity contribution is -0.0403. The van der Waals surface area contributed by atoms with Gasteiger partial charge < -0.3 is 19.4 Å². The van der Waals surface area contributed by atoms with E-state index in [1.165, 1.54) is 0 Å². The van der Waals surface area contributed by atoms with Gasteiger partial charge in [-0.1, -0.05) is 6.07 Å². The quantitative estimate of drug-likeness (QED) is 0.687. The van der Waals surface area contributed by atoms with Crippen molar-refractivity contribution >= 4 is 6.09 Å². The average molecular weight is 431 g/mol. The van der Waals surface area contributed by atoms with Crippen LogP contribution in [0.1, 0.15) is 45.2 Å². The molecule has 0 spiro atoms. The van der Waals surface area contributed by atoms with Crippen LogP contribution in [-0.4, -0.2) is 69.1 Å². The number of aryl methyl sites for hydroxylation is 1. The van der Waals surface area contributed by atoms with Gasteiger partial charge in [-0.3, -0.25) is 9.88 Å². The molecule has 0 unspecified atom stereocenters. The Hall–Kier alpha value is -2.52. The van der Waals surface area contributed by atoms with Crippen LogP contribution in [0.2, 0.25) is 0 Å². The second-order valence-corrected chi connectivity index (χ2v) is 8.91. The zero-order valence-corrected chi connectivity index (χ0v) is 19.0. The molecule has 170 valence electrons. The zero-order chi connectivity index (χ0) is 22.3. The summed E-state index contributed by atoms with van der Waals surface area (Å²) in [5.41, 5.74) is 0.629. The molecule has 0 bridgehead atoms. The van der Waals surface area contributed by atoms with Crippen LogP contribution in [0.5, 0.6) is 0 Å². The lowest BCUT2D eigenvalue weighted by atomic mass is 9.99. The highest BCUT2D eigenvalue weighted by Crippen LogP contribution is 2.22. The summed E-state index contributed by atoms with van der Waals surface area (Å²) in [4.78, 5) is 18.8. The standard InChI is InChI=1S/C22H34N6O3/c1-5-28-16-25-26-20(28)19-15-27(9-10-30-19)14-18(11-17-7-6-8-23-12-17)13-24-21(29)31-22(2,3)4/h6-8,12,16,18-19H,5,9-11,13-15H2,1-4H3,(H,24,29)/t18-,19-/m1/s1. The van der Waals surface area contributed by atoms with Gasteiger partial charge >= 0.3 is 6.09 Å². The summed E-state index contributed by atoms with van der Waals surface area (Å²) in [5, 5.41) is 11.2. The molecule has 9 heteroatoms. The molecular weight excluding hydrogens is 396 g/mol. The summed E-state index contributed by atoms with van der Waals surface area (Å²) in [7, 11) is 0. The Morgan fingerprint density at radius 1 is 1.42 bits per heavy atom. The predicted molar refractivity (Wildman–Crippen MR) is 116 cm³/mol. The fourth-order valence-electron chi connectivity index (χ4n) is 3.74. The first-order valence-electron chi connectivity index (χ1n) is 10.9. The third-order valence-corrected chi connectivity index (χ3v) is 5.12. The summed E-state index contributed by atoms with van der Waals surface area (Å²) in [6.07, 6.45) is 5.72. The van der Waals surface area contributed by atoms with Crippen molar-refractivity contribution < 1.29 is 14.3 Å². The molecule has 3 heterocycles. The smallest absolute Gasteiger partial charge is 0.407 e. The van der Waals surface area contributed by atoms with Crippen molar-refractivity contribution in [2.75, 3.05) is 32.8 Å². The molecule has 0 saturated carbocycles. The molecule has 1 aliphatic rings. The van der Waals surface area contributed by atoms with Gasteiger partial charge in [0.05, 0.1) is 6.61 Å². The van der Waals surface area contributed by atoms with Crippen molar-refractivity contribution in [2.24, 2.45) is 5.92 Å². The number of pyridine rings is 1. The number of rotatable bonds is 8. The van der Waals surface area contributed by atoms with E-state index in [2.05, 4.69) is 38.4 Å². The van der Waals surface area contributed by atoms with E-state index in [1.807, 2.05) is 37.6 Å². The van der Waals surface area contributed by atoms with E-state index in [4.69, 9.17) is 9.47 Å². The van der Waals surface area contributed by atoms with Crippen molar-refractivity contribution in [3.63, 3.8) is 0 Å². The van der Waals surface area contributed by atoms with Crippen molar-refractivity contribution in [1.82, 2.24) is 30.0 Å². The number of hydrogen-bond acceptors (Lipinski definition) is 7. The number of alkyl carbamates (subject to hydrolysis) is 1. The molecule has 9 nitrogen and oxygen atoms in total.